The molecule has 3 aromatic rings. The molecule has 3 rings (SSSR count). The minimum atomic E-state index is -0.348. The summed E-state index contributed by atoms with van der Waals surface area (Å²) in [6.07, 6.45) is 0. The zero-order valence-electron chi connectivity index (χ0n) is 15.4. The Morgan fingerprint density at radius 1 is 0.889 bits per heavy atom. The van der Waals surface area contributed by atoms with E-state index in [0.29, 0.717) is 5.75 Å². The van der Waals surface area contributed by atoms with Crippen LogP contribution in [0.2, 0.25) is 0 Å². The van der Waals surface area contributed by atoms with Crippen LogP contribution in [0.15, 0.2) is 60.7 Å². The monoisotopic (exact) mass is 362 g/mol. The smallest absolute Gasteiger partial charge is 0.258 e. The number of fused-ring (bicyclic) bond motifs is 1. The van der Waals surface area contributed by atoms with E-state index in [9.17, 15) is 9.59 Å². The molecule has 0 aliphatic carbocycles. The second-order valence-corrected chi connectivity index (χ2v) is 6.37. The zero-order valence-corrected chi connectivity index (χ0v) is 15.4. The fraction of sp³-hybridized carbons (Fsp3) is 0.182. The second kappa shape index (κ2) is 8.36. The van der Waals surface area contributed by atoms with Crippen LogP contribution in [0.25, 0.3) is 10.8 Å². The molecule has 0 spiro atoms. The van der Waals surface area contributed by atoms with E-state index in [1.54, 1.807) is 0 Å². The summed E-state index contributed by atoms with van der Waals surface area (Å²) in [4.78, 5) is 24.0. The third kappa shape index (κ3) is 4.85. The summed E-state index contributed by atoms with van der Waals surface area (Å²) < 4.78 is 5.52. The first-order valence-electron chi connectivity index (χ1n) is 8.77. The lowest BCUT2D eigenvalue weighted by atomic mass is 10.1. The molecule has 0 aromatic heterocycles. The Hall–Kier alpha value is -3.34. The normalized spacial score (nSPS) is 10.4. The maximum atomic E-state index is 12.0. The van der Waals surface area contributed by atoms with Gasteiger partial charge in [0, 0.05) is 5.69 Å². The molecule has 3 aromatic carbocycles. The number of ether oxygens (including phenoxy) is 1. The van der Waals surface area contributed by atoms with Gasteiger partial charge in [0.15, 0.2) is 6.61 Å². The number of rotatable bonds is 6. The van der Waals surface area contributed by atoms with Crippen molar-refractivity contribution < 1.29 is 14.3 Å². The molecule has 0 bridgehead atoms. The van der Waals surface area contributed by atoms with Crippen LogP contribution in [0, 0.1) is 13.8 Å². The lowest BCUT2D eigenvalue weighted by Crippen LogP contribution is -2.35. The number of hydrogen-bond donors (Lipinski definition) is 2. The summed E-state index contributed by atoms with van der Waals surface area (Å²) in [6, 6.07) is 19.3. The van der Waals surface area contributed by atoms with Gasteiger partial charge in [-0.25, -0.2) is 0 Å². The lowest BCUT2D eigenvalue weighted by molar-refractivity contribution is -0.125. The Labute approximate surface area is 158 Å². The van der Waals surface area contributed by atoms with Crippen LogP contribution in [0.3, 0.4) is 0 Å². The maximum Gasteiger partial charge on any atom is 0.258 e. The number of amides is 2. The van der Waals surface area contributed by atoms with Crippen molar-refractivity contribution in [1.82, 2.24) is 5.32 Å². The highest BCUT2D eigenvalue weighted by atomic mass is 16.5. The average molecular weight is 362 g/mol. The number of benzene rings is 3. The van der Waals surface area contributed by atoms with Crippen molar-refractivity contribution >= 4 is 28.3 Å². The Morgan fingerprint density at radius 2 is 1.67 bits per heavy atom. The van der Waals surface area contributed by atoms with Crippen LogP contribution in [0.4, 0.5) is 5.69 Å². The van der Waals surface area contributed by atoms with E-state index in [0.717, 1.165) is 27.6 Å². The molecule has 27 heavy (non-hydrogen) atoms. The van der Waals surface area contributed by atoms with Crippen molar-refractivity contribution in [1.29, 1.82) is 0 Å². The topological polar surface area (TPSA) is 67.4 Å². The van der Waals surface area contributed by atoms with Gasteiger partial charge in [0.1, 0.15) is 5.75 Å². The van der Waals surface area contributed by atoms with Gasteiger partial charge in [0.05, 0.1) is 6.54 Å². The molecule has 0 atom stereocenters. The summed E-state index contributed by atoms with van der Waals surface area (Å²) in [5, 5.41) is 7.53. The quantitative estimate of drug-likeness (QED) is 0.704. The van der Waals surface area contributed by atoms with E-state index in [1.807, 2.05) is 74.5 Å². The van der Waals surface area contributed by atoms with Gasteiger partial charge in [-0.15, -0.1) is 0 Å². The molecule has 0 heterocycles. The van der Waals surface area contributed by atoms with Crippen molar-refractivity contribution in [3.05, 3.63) is 71.8 Å². The van der Waals surface area contributed by atoms with Gasteiger partial charge >= 0.3 is 0 Å². The van der Waals surface area contributed by atoms with Gasteiger partial charge in [-0.2, -0.15) is 0 Å². The third-order valence-corrected chi connectivity index (χ3v) is 4.42. The minimum absolute atomic E-state index is 0.104. The Kier molecular flexibility index (Phi) is 5.71. The van der Waals surface area contributed by atoms with Crippen LogP contribution in [-0.4, -0.2) is 25.0 Å². The molecule has 0 saturated heterocycles. The van der Waals surface area contributed by atoms with Crippen LogP contribution >= 0.6 is 0 Å². The molecule has 0 aliphatic heterocycles. The Morgan fingerprint density at radius 3 is 2.48 bits per heavy atom. The number of aryl methyl sites for hydroxylation is 1. The van der Waals surface area contributed by atoms with E-state index >= 15 is 0 Å². The van der Waals surface area contributed by atoms with Gasteiger partial charge in [-0.05, 0) is 53.9 Å². The molecule has 2 N–H and O–H groups in total. The summed E-state index contributed by atoms with van der Waals surface area (Å²) in [6.45, 7) is 3.68. The van der Waals surface area contributed by atoms with Crippen LogP contribution < -0.4 is 15.4 Å². The van der Waals surface area contributed by atoms with Gasteiger partial charge < -0.3 is 15.4 Å². The van der Waals surface area contributed by atoms with E-state index in [-0.39, 0.29) is 25.0 Å². The van der Waals surface area contributed by atoms with E-state index < -0.39 is 0 Å². The first-order valence-corrected chi connectivity index (χ1v) is 8.77. The summed E-state index contributed by atoms with van der Waals surface area (Å²) in [7, 11) is 0. The fourth-order valence-electron chi connectivity index (χ4n) is 2.72. The number of nitrogens with one attached hydrogen (secondary N) is 2. The average Bonchev–Trinajstić information content (AvgIpc) is 2.68. The predicted molar refractivity (Wildman–Crippen MR) is 107 cm³/mol. The van der Waals surface area contributed by atoms with E-state index in [1.165, 1.54) is 0 Å². The largest absolute Gasteiger partial charge is 0.484 e. The van der Waals surface area contributed by atoms with Crippen molar-refractivity contribution in [3.63, 3.8) is 0 Å². The van der Waals surface area contributed by atoms with Gasteiger partial charge in [-0.3, -0.25) is 9.59 Å². The van der Waals surface area contributed by atoms with Crippen molar-refractivity contribution in [2.45, 2.75) is 13.8 Å². The third-order valence-electron chi connectivity index (χ3n) is 4.42. The highest BCUT2D eigenvalue weighted by Gasteiger charge is 2.09. The summed E-state index contributed by atoms with van der Waals surface area (Å²) in [5.74, 6) is -0.00860. The molecule has 5 nitrogen and oxygen atoms in total. The zero-order chi connectivity index (χ0) is 19.2. The first-order chi connectivity index (χ1) is 13.0. The highest BCUT2D eigenvalue weighted by molar-refractivity contribution is 5.95. The molecule has 5 heteroatoms. The summed E-state index contributed by atoms with van der Waals surface area (Å²) in [5.41, 5.74) is 2.86. The lowest BCUT2D eigenvalue weighted by Gasteiger charge is -2.11. The van der Waals surface area contributed by atoms with E-state index in [4.69, 9.17) is 4.74 Å². The van der Waals surface area contributed by atoms with Gasteiger partial charge in [0.25, 0.3) is 5.91 Å². The van der Waals surface area contributed by atoms with Crippen LogP contribution in [0.1, 0.15) is 11.1 Å². The molecule has 0 fully saturated rings. The highest BCUT2D eigenvalue weighted by Crippen LogP contribution is 2.20. The van der Waals surface area contributed by atoms with Crippen molar-refractivity contribution in [3.8, 4) is 5.75 Å². The van der Waals surface area contributed by atoms with Crippen LogP contribution in [0.5, 0.6) is 5.75 Å². The number of hydrogen-bond acceptors (Lipinski definition) is 3. The molecular weight excluding hydrogens is 340 g/mol. The minimum Gasteiger partial charge on any atom is -0.484 e. The molecule has 0 saturated carbocycles. The summed E-state index contributed by atoms with van der Waals surface area (Å²) >= 11 is 0. The SMILES string of the molecule is Cc1cccc(NC(=O)CNC(=O)COc2ccc3ccccc3c2)c1C. The fourth-order valence-corrected chi connectivity index (χ4v) is 2.72. The molecular formula is C22H22N2O3. The maximum absolute atomic E-state index is 12.0. The molecule has 0 unspecified atom stereocenters. The Balaban J connectivity index is 1.47. The number of carbonyl (C=O) groups excluding carboxylic acids is 2. The van der Waals surface area contributed by atoms with Gasteiger partial charge in [-0.1, -0.05) is 42.5 Å². The Bertz CT molecular complexity index is 982. The van der Waals surface area contributed by atoms with Crippen molar-refractivity contribution in [2.75, 3.05) is 18.5 Å². The van der Waals surface area contributed by atoms with Crippen molar-refractivity contribution in [2.24, 2.45) is 0 Å². The number of carbonyl (C=O) groups is 2. The number of anilines is 1. The standard InChI is InChI=1S/C22H22N2O3/c1-15-6-5-9-20(16(15)2)24-21(25)13-23-22(26)14-27-19-11-10-17-7-3-4-8-18(17)12-19/h3-12H,13-14H2,1-2H3,(H,23,26)(H,24,25). The predicted octanol–water partition coefficient (Wildman–Crippen LogP) is 3.59. The molecule has 0 aliphatic rings. The molecule has 2 amide bonds. The molecule has 0 radical (unpaired) electrons. The van der Waals surface area contributed by atoms with Crippen LogP contribution in [-0.2, 0) is 9.59 Å². The van der Waals surface area contributed by atoms with Gasteiger partial charge in [0.2, 0.25) is 5.91 Å². The molecule has 138 valence electrons. The first kappa shape index (κ1) is 18.5. The second-order valence-electron chi connectivity index (χ2n) is 6.37. The van der Waals surface area contributed by atoms with E-state index in [2.05, 4.69) is 10.6 Å².